The third-order valence-corrected chi connectivity index (χ3v) is 6.50. The predicted octanol–water partition coefficient (Wildman–Crippen LogP) is 4.45. The van der Waals surface area contributed by atoms with Gasteiger partial charge in [0.2, 0.25) is 5.91 Å². The van der Waals surface area contributed by atoms with Crippen LogP contribution in [-0.4, -0.2) is 58.5 Å². The fraction of sp³-hybridized carbons (Fsp3) is 0.333. The highest BCUT2D eigenvalue weighted by molar-refractivity contribution is 7.97. The summed E-state index contributed by atoms with van der Waals surface area (Å²) >= 11 is 13.4. The summed E-state index contributed by atoms with van der Waals surface area (Å²) in [5.74, 6) is -1.07. The van der Waals surface area contributed by atoms with Crippen molar-refractivity contribution in [3.8, 4) is 0 Å². The lowest BCUT2D eigenvalue weighted by Crippen LogP contribution is -2.46. The van der Waals surface area contributed by atoms with E-state index in [1.54, 1.807) is 22.5 Å². The molecule has 1 N–H and O–H groups in total. The van der Waals surface area contributed by atoms with Gasteiger partial charge in [-0.15, -0.1) is 0 Å². The summed E-state index contributed by atoms with van der Waals surface area (Å²) < 4.78 is 7.53. The van der Waals surface area contributed by atoms with E-state index in [-0.39, 0.29) is 17.6 Å². The fourth-order valence-corrected chi connectivity index (χ4v) is 4.33. The summed E-state index contributed by atoms with van der Waals surface area (Å²) in [6.07, 6.45) is -0.129. The topological polar surface area (TPSA) is 70.1 Å². The van der Waals surface area contributed by atoms with Crippen LogP contribution in [0.1, 0.15) is 22.8 Å². The Balaban J connectivity index is 1.59. The molecule has 0 radical (unpaired) electrons. The second-order valence-electron chi connectivity index (χ2n) is 6.98. The average molecular weight is 469 g/mol. The number of ether oxygens (including phenoxy) is 1. The van der Waals surface area contributed by atoms with Gasteiger partial charge < -0.3 is 9.84 Å². The Kier molecular flexibility index (Phi) is 8.02. The maximum atomic E-state index is 12.2. The molecule has 160 valence electrons. The monoisotopic (exact) mass is 468 g/mol. The highest BCUT2D eigenvalue weighted by Gasteiger charge is 2.25. The molecule has 2 aromatic rings. The minimum absolute atomic E-state index is 0.0903. The van der Waals surface area contributed by atoms with Gasteiger partial charge in [-0.1, -0.05) is 29.3 Å². The number of morpholine rings is 1. The Labute approximate surface area is 189 Å². The molecule has 1 amide bonds. The molecule has 6 nitrogen and oxygen atoms in total. The fourth-order valence-electron chi connectivity index (χ4n) is 3.13. The van der Waals surface area contributed by atoms with E-state index >= 15 is 0 Å². The number of carboxylic acids is 1. The van der Waals surface area contributed by atoms with E-state index in [0.29, 0.717) is 29.7 Å². The zero-order valence-corrected chi connectivity index (χ0v) is 18.7. The van der Waals surface area contributed by atoms with E-state index in [4.69, 9.17) is 33.0 Å². The van der Waals surface area contributed by atoms with Gasteiger partial charge in [0.15, 0.2) is 0 Å². The number of carboxylic acid groups (broad SMARTS) is 1. The molecule has 1 saturated heterocycles. The molecule has 0 aromatic heterocycles. The number of halogens is 2. The number of hydrogen-bond acceptors (Lipinski definition) is 5. The van der Waals surface area contributed by atoms with E-state index in [1.165, 1.54) is 31.0 Å². The van der Waals surface area contributed by atoms with Crippen LogP contribution in [0.15, 0.2) is 47.4 Å². The van der Waals surface area contributed by atoms with Crippen molar-refractivity contribution >= 4 is 47.0 Å². The van der Waals surface area contributed by atoms with Gasteiger partial charge >= 0.3 is 5.97 Å². The van der Waals surface area contributed by atoms with Crippen molar-refractivity contribution in [2.24, 2.45) is 0 Å². The van der Waals surface area contributed by atoms with E-state index < -0.39 is 5.97 Å². The first kappa shape index (κ1) is 22.9. The molecule has 1 atom stereocenters. The lowest BCUT2D eigenvalue weighted by Gasteiger charge is -2.35. The molecule has 1 fully saturated rings. The van der Waals surface area contributed by atoms with Crippen LogP contribution >= 0.6 is 35.1 Å². The van der Waals surface area contributed by atoms with Gasteiger partial charge in [-0.25, -0.2) is 4.79 Å². The van der Waals surface area contributed by atoms with Crippen molar-refractivity contribution in [2.45, 2.75) is 24.5 Å². The molecule has 0 aliphatic carbocycles. The number of carbonyl (C=O) groups excluding carboxylic acids is 1. The lowest BCUT2D eigenvalue weighted by atomic mass is 10.2. The first-order valence-electron chi connectivity index (χ1n) is 9.39. The van der Waals surface area contributed by atoms with Crippen molar-refractivity contribution in [1.82, 2.24) is 9.21 Å². The van der Waals surface area contributed by atoms with Crippen LogP contribution in [0.5, 0.6) is 0 Å². The molecule has 1 aliphatic rings. The third kappa shape index (κ3) is 6.36. The largest absolute Gasteiger partial charge is 0.478 e. The SMILES string of the molecule is CC(=O)N(C[C@@H]1CN(Cc2ccc(Cl)c(Cl)c2)CCO1)Sc1ccc(C(=O)O)cc1. The predicted molar refractivity (Wildman–Crippen MR) is 118 cm³/mol. The molecule has 30 heavy (non-hydrogen) atoms. The zero-order chi connectivity index (χ0) is 21.7. The van der Waals surface area contributed by atoms with Crippen LogP contribution in [0.3, 0.4) is 0 Å². The first-order valence-corrected chi connectivity index (χ1v) is 10.9. The summed E-state index contributed by atoms with van der Waals surface area (Å²) in [7, 11) is 0. The van der Waals surface area contributed by atoms with Crippen molar-refractivity contribution in [1.29, 1.82) is 0 Å². The van der Waals surface area contributed by atoms with Crippen LogP contribution < -0.4 is 0 Å². The van der Waals surface area contributed by atoms with Gasteiger partial charge in [-0.05, 0) is 53.9 Å². The van der Waals surface area contributed by atoms with E-state index in [9.17, 15) is 9.59 Å². The molecule has 0 spiro atoms. The van der Waals surface area contributed by atoms with Crippen LogP contribution in [0.2, 0.25) is 10.0 Å². The molecular formula is C21H22Cl2N2O4S. The van der Waals surface area contributed by atoms with Crippen molar-refractivity contribution in [2.75, 3.05) is 26.2 Å². The standard InChI is InChI=1S/C21H22Cl2N2O4S/c1-14(26)25(30-18-5-3-16(4-6-18)21(27)28)13-17-12-24(8-9-29-17)11-15-2-7-19(22)20(23)10-15/h2-7,10,17H,8-9,11-13H2,1H3,(H,27,28)/t17-/m0/s1. The summed E-state index contributed by atoms with van der Waals surface area (Å²) in [5.41, 5.74) is 1.28. The van der Waals surface area contributed by atoms with Gasteiger partial charge in [-0.3, -0.25) is 14.0 Å². The molecule has 0 unspecified atom stereocenters. The third-order valence-electron chi connectivity index (χ3n) is 4.65. The van der Waals surface area contributed by atoms with Gasteiger partial charge in [0, 0.05) is 31.5 Å². The molecule has 1 aliphatic heterocycles. The van der Waals surface area contributed by atoms with Crippen molar-refractivity contribution in [3.05, 3.63) is 63.6 Å². The van der Waals surface area contributed by atoms with Crippen LogP contribution in [0, 0.1) is 0 Å². The average Bonchev–Trinajstić information content (AvgIpc) is 2.71. The summed E-state index contributed by atoms with van der Waals surface area (Å²) in [6.45, 7) is 4.72. The molecule has 0 bridgehead atoms. The maximum absolute atomic E-state index is 12.2. The second-order valence-corrected chi connectivity index (χ2v) is 8.89. The Bertz CT molecular complexity index is 910. The molecular weight excluding hydrogens is 447 g/mol. The van der Waals surface area contributed by atoms with Crippen molar-refractivity contribution in [3.63, 3.8) is 0 Å². The van der Waals surface area contributed by atoms with Gasteiger partial charge in [-0.2, -0.15) is 0 Å². The van der Waals surface area contributed by atoms with Crippen LogP contribution in [-0.2, 0) is 16.1 Å². The summed E-state index contributed by atoms with van der Waals surface area (Å²) in [6, 6.07) is 12.1. The first-order chi connectivity index (χ1) is 14.3. The maximum Gasteiger partial charge on any atom is 0.335 e. The second kappa shape index (κ2) is 10.5. The highest BCUT2D eigenvalue weighted by Crippen LogP contribution is 2.26. The quantitative estimate of drug-likeness (QED) is 0.605. The molecule has 9 heteroatoms. The number of aromatic carboxylic acids is 1. The van der Waals surface area contributed by atoms with Crippen LogP contribution in [0.4, 0.5) is 0 Å². The number of benzene rings is 2. The summed E-state index contributed by atoms with van der Waals surface area (Å²) in [5, 5.41) is 10.1. The van der Waals surface area contributed by atoms with E-state index in [1.807, 2.05) is 12.1 Å². The van der Waals surface area contributed by atoms with E-state index in [2.05, 4.69) is 4.90 Å². The van der Waals surface area contributed by atoms with Gasteiger partial charge in [0.1, 0.15) is 0 Å². The molecule has 3 rings (SSSR count). The Morgan fingerprint density at radius 2 is 1.93 bits per heavy atom. The molecule has 2 aromatic carbocycles. The Hall–Kier alpha value is -1.77. The minimum atomic E-state index is -0.979. The van der Waals surface area contributed by atoms with Gasteiger partial charge in [0.05, 0.1) is 34.9 Å². The number of carbonyl (C=O) groups is 2. The Morgan fingerprint density at radius 3 is 2.57 bits per heavy atom. The number of hydrogen-bond donors (Lipinski definition) is 1. The smallest absolute Gasteiger partial charge is 0.335 e. The highest BCUT2D eigenvalue weighted by atomic mass is 35.5. The Morgan fingerprint density at radius 1 is 1.20 bits per heavy atom. The normalized spacial score (nSPS) is 17.0. The number of amides is 1. The zero-order valence-electron chi connectivity index (χ0n) is 16.4. The lowest BCUT2D eigenvalue weighted by molar-refractivity contribution is -0.126. The van der Waals surface area contributed by atoms with E-state index in [0.717, 1.165) is 23.5 Å². The number of rotatable bonds is 7. The minimum Gasteiger partial charge on any atom is -0.478 e. The number of nitrogens with zero attached hydrogens (tertiary/aromatic N) is 2. The van der Waals surface area contributed by atoms with Crippen molar-refractivity contribution < 1.29 is 19.4 Å². The van der Waals surface area contributed by atoms with Crippen LogP contribution in [0.25, 0.3) is 0 Å². The van der Waals surface area contributed by atoms with Gasteiger partial charge in [0.25, 0.3) is 0 Å². The molecule has 0 saturated carbocycles. The molecule has 1 heterocycles. The summed E-state index contributed by atoms with van der Waals surface area (Å²) in [4.78, 5) is 26.2.